The van der Waals surface area contributed by atoms with E-state index in [1.54, 1.807) is 0 Å². The molecule has 0 aliphatic heterocycles. The highest BCUT2D eigenvalue weighted by Gasteiger charge is 2.23. The molecule has 6 aromatic heterocycles. The van der Waals surface area contributed by atoms with E-state index >= 15 is 0 Å². The summed E-state index contributed by atoms with van der Waals surface area (Å²) >= 11 is 0. The largest absolute Gasteiger partial charge is 0.309 e. The fourth-order valence-corrected chi connectivity index (χ4v) is 19.5. The average Bonchev–Trinajstić information content (AvgIpc) is 1.59. The van der Waals surface area contributed by atoms with E-state index in [-0.39, 0.29) is 0 Å². The first-order valence-electron chi connectivity index (χ1n) is 44.7. The van der Waals surface area contributed by atoms with Gasteiger partial charge in [0.25, 0.3) is 0 Å². The van der Waals surface area contributed by atoms with Crippen molar-refractivity contribution in [2.45, 2.75) is 0 Å². The molecule has 616 valence electrons. The topological polar surface area (TPSA) is 97.1 Å². The molecule has 0 aliphatic rings. The summed E-state index contributed by atoms with van der Waals surface area (Å²) in [5.41, 5.74) is 28.7. The predicted octanol–water partition coefficient (Wildman–Crippen LogP) is 31.1. The fourth-order valence-electron chi connectivity index (χ4n) is 19.5. The third-order valence-electron chi connectivity index (χ3n) is 25.9. The first-order valence-corrected chi connectivity index (χ1v) is 44.7. The maximum atomic E-state index is 5.12. The van der Waals surface area contributed by atoms with Crippen LogP contribution in [0.15, 0.2) is 473 Å². The average molecular weight is 1680 g/mol. The minimum Gasteiger partial charge on any atom is -0.309 e. The van der Waals surface area contributed by atoms with Crippen LogP contribution in [0.3, 0.4) is 0 Å². The smallest absolute Gasteiger partial charge is 0.164 e. The van der Waals surface area contributed by atoms with Crippen LogP contribution in [0.25, 0.3) is 244 Å². The van der Waals surface area contributed by atoms with E-state index in [9.17, 15) is 0 Å². The summed E-state index contributed by atoms with van der Waals surface area (Å²) in [6.07, 6.45) is 0. The van der Waals surface area contributed by atoms with Gasteiger partial charge in [-0.25, -0.2) is 29.9 Å². The number of nitrogens with zero attached hydrogens (tertiary/aromatic N) is 10. The van der Waals surface area contributed by atoms with E-state index < -0.39 is 0 Å². The molecule has 0 fully saturated rings. The van der Waals surface area contributed by atoms with Gasteiger partial charge in [0.05, 0.1) is 44.1 Å². The van der Waals surface area contributed by atoms with Gasteiger partial charge in [-0.2, -0.15) is 0 Å². The molecule has 0 unspecified atom stereocenters. The Kier molecular flexibility index (Phi) is 18.7. The monoisotopic (exact) mass is 1680 g/mol. The number of rotatable bonds is 14. The van der Waals surface area contributed by atoms with Crippen molar-refractivity contribution in [3.8, 4) is 136 Å². The Morgan fingerprint density at radius 1 is 0.114 bits per heavy atom. The Bertz CT molecular complexity index is 8770. The third kappa shape index (κ3) is 13.7. The van der Waals surface area contributed by atoms with Crippen LogP contribution in [-0.2, 0) is 0 Å². The van der Waals surface area contributed by atoms with Gasteiger partial charge in [0.1, 0.15) is 0 Å². The van der Waals surface area contributed by atoms with Gasteiger partial charge >= 0.3 is 0 Å². The molecule has 20 aromatic carbocycles. The summed E-state index contributed by atoms with van der Waals surface area (Å²) < 4.78 is 9.49. The lowest BCUT2D eigenvalue weighted by atomic mass is 10.0. The molecule has 10 nitrogen and oxygen atoms in total. The van der Waals surface area contributed by atoms with Crippen LogP contribution in [0, 0.1) is 0 Å². The van der Waals surface area contributed by atoms with Crippen LogP contribution in [0.4, 0.5) is 0 Å². The molecule has 26 rings (SSSR count). The van der Waals surface area contributed by atoms with Gasteiger partial charge in [-0.05, 0) is 212 Å². The molecule has 6 heterocycles. The molecule has 0 N–H and O–H groups in total. The molecule has 0 amide bonds. The number of benzene rings is 20. The van der Waals surface area contributed by atoms with Crippen molar-refractivity contribution in [1.82, 2.24) is 48.2 Å². The van der Waals surface area contributed by atoms with Gasteiger partial charge in [0.2, 0.25) is 0 Å². The van der Waals surface area contributed by atoms with Crippen molar-refractivity contribution >= 4 is 109 Å². The second kappa shape index (κ2) is 32.2. The van der Waals surface area contributed by atoms with Gasteiger partial charge in [0, 0.05) is 99.2 Å². The Balaban J connectivity index is 0.000000142. The van der Waals surface area contributed by atoms with Crippen molar-refractivity contribution in [3.63, 3.8) is 0 Å². The molecule has 0 spiro atoms. The first kappa shape index (κ1) is 76.6. The highest BCUT2D eigenvalue weighted by atomic mass is 15.1. The maximum Gasteiger partial charge on any atom is 0.164 e. The molecule has 0 atom stereocenters. The van der Waals surface area contributed by atoms with Crippen molar-refractivity contribution in [2.75, 3.05) is 0 Å². The van der Waals surface area contributed by atoms with Crippen molar-refractivity contribution in [2.24, 2.45) is 0 Å². The van der Waals surface area contributed by atoms with Crippen LogP contribution < -0.4 is 0 Å². The molecular weight excluding hydrogens is 1610 g/mol. The Morgan fingerprint density at radius 2 is 0.333 bits per heavy atom. The van der Waals surface area contributed by atoms with Gasteiger partial charge in [-0.3, -0.25) is 0 Å². The molecule has 10 heteroatoms. The van der Waals surface area contributed by atoms with Crippen molar-refractivity contribution in [3.05, 3.63) is 473 Å². The van der Waals surface area contributed by atoms with Gasteiger partial charge in [0.15, 0.2) is 34.9 Å². The molecule has 0 saturated heterocycles. The second-order valence-corrected chi connectivity index (χ2v) is 33.7. The standard InChI is InChI=1S/C63H41N5.C59H37N5/c1-4-14-42(15-5-1)44-24-28-46(29-25-44)61-64-62(47-30-26-45(27-31-47)43-16-6-2-7-17-43)66-63(65-61)48-32-36-52(37-33-48)67-58-23-13-11-21-54(58)56-40-49(35-39-59(56)67)50-34-38-55-53-20-10-12-22-57(53)68(60(55)41-50)51-18-8-3-9-19-51;1-2-16-47(17-3-1)64-53-20-10-8-18-49(53)51-32-28-44(37-56(51)64)43-29-33-55-52(36-43)50-19-9-11-21-54(50)63(55)48-30-26-40(27-31-48)57-60-58(45-24-22-38-12-4-6-14-41(38)34-45)62-59(61-57)46-25-23-39-13-5-7-15-42(39)35-46/h1-41H;1-37H. The lowest BCUT2D eigenvalue weighted by molar-refractivity contribution is 1.07. The van der Waals surface area contributed by atoms with E-state index in [0.717, 1.165) is 100 Å². The van der Waals surface area contributed by atoms with E-state index in [1.165, 1.54) is 109 Å². The summed E-state index contributed by atoms with van der Waals surface area (Å²) in [5, 5.41) is 14.5. The molecule has 0 aliphatic carbocycles. The summed E-state index contributed by atoms with van der Waals surface area (Å²) in [4.78, 5) is 30.6. The molecule has 0 bridgehead atoms. The van der Waals surface area contributed by atoms with Crippen LogP contribution in [0.2, 0.25) is 0 Å². The predicted molar refractivity (Wildman–Crippen MR) is 546 cm³/mol. The maximum absolute atomic E-state index is 5.12. The SMILES string of the molecule is c1ccc(-c2ccc(-c3nc(-c4ccc(-c5ccccc5)cc4)nc(-c4ccc(-n5c6ccccc6c6cc(-c7ccc8c9ccccc9n(-c9ccccc9)c8c7)ccc65)cc4)n3)cc2)cc1.c1ccc(-n2c3ccccc3c3ccc(-c4ccc5c(c4)c4ccccc4n5-c4ccc(-c5nc(-c6ccc7ccccc7c6)nc(-c6ccc7ccccc7c6)n5)cc4)cc32)cc1. The number of hydrogen-bond donors (Lipinski definition) is 0. The number of para-hydroxylation sites is 6. The minimum atomic E-state index is 0.617. The summed E-state index contributed by atoms with van der Waals surface area (Å²) in [6, 6.07) is 168. The third-order valence-corrected chi connectivity index (χ3v) is 25.9. The molecular formula is C122H78N10. The molecule has 132 heavy (non-hydrogen) atoms. The zero-order valence-corrected chi connectivity index (χ0v) is 71.5. The minimum absolute atomic E-state index is 0.617. The zero-order chi connectivity index (χ0) is 87.1. The Hall–Kier alpha value is -17.9. The highest BCUT2D eigenvalue weighted by molar-refractivity contribution is 6.15. The normalized spacial score (nSPS) is 11.6. The number of fused-ring (bicyclic) bond motifs is 14. The summed E-state index contributed by atoms with van der Waals surface area (Å²) in [7, 11) is 0. The molecule has 0 saturated carbocycles. The van der Waals surface area contributed by atoms with E-state index in [0.29, 0.717) is 34.9 Å². The summed E-state index contributed by atoms with van der Waals surface area (Å²) in [6.45, 7) is 0. The second-order valence-electron chi connectivity index (χ2n) is 33.7. The number of hydrogen-bond acceptors (Lipinski definition) is 6. The van der Waals surface area contributed by atoms with Crippen LogP contribution >= 0.6 is 0 Å². The number of aromatic nitrogens is 10. The lowest BCUT2D eigenvalue weighted by Crippen LogP contribution is -2.01. The van der Waals surface area contributed by atoms with E-state index in [2.05, 4.69) is 479 Å². The van der Waals surface area contributed by atoms with E-state index in [1.807, 2.05) is 12.1 Å². The van der Waals surface area contributed by atoms with Crippen LogP contribution in [0.5, 0.6) is 0 Å². The Labute approximate surface area is 760 Å². The van der Waals surface area contributed by atoms with Crippen LogP contribution in [0.1, 0.15) is 0 Å². The van der Waals surface area contributed by atoms with Crippen LogP contribution in [-0.4, -0.2) is 48.2 Å². The quantitative estimate of drug-likeness (QED) is 0.108. The van der Waals surface area contributed by atoms with Gasteiger partial charge in [-0.15, -0.1) is 0 Å². The van der Waals surface area contributed by atoms with Gasteiger partial charge < -0.3 is 18.3 Å². The molecule has 0 radical (unpaired) electrons. The van der Waals surface area contributed by atoms with E-state index in [4.69, 9.17) is 29.9 Å². The fraction of sp³-hybridized carbons (Fsp3) is 0. The lowest BCUT2D eigenvalue weighted by Gasteiger charge is -2.12. The van der Waals surface area contributed by atoms with Crippen molar-refractivity contribution in [1.29, 1.82) is 0 Å². The highest BCUT2D eigenvalue weighted by Crippen LogP contribution is 2.44. The first-order chi connectivity index (χ1) is 65.4. The Morgan fingerprint density at radius 3 is 0.689 bits per heavy atom. The van der Waals surface area contributed by atoms with Gasteiger partial charge in [-0.1, -0.05) is 328 Å². The van der Waals surface area contributed by atoms with Crippen molar-refractivity contribution < 1.29 is 0 Å². The summed E-state index contributed by atoms with van der Waals surface area (Å²) in [5.74, 6) is 3.78. The molecule has 26 aromatic rings. The zero-order valence-electron chi connectivity index (χ0n) is 71.5.